The van der Waals surface area contributed by atoms with Gasteiger partial charge in [0, 0.05) is 20.1 Å². The zero-order valence-corrected chi connectivity index (χ0v) is 16.3. The normalized spacial score (nSPS) is 11.2. The van der Waals surface area contributed by atoms with Gasteiger partial charge < -0.3 is 9.64 Å². The predicted molar refractivity (Wildman–Crippen MR) is 97.9 cm³/mol. The van der Waals surface area contributed by atoms with E-state index < -0.39 is 6.61 Å². The molecule has 0 bridgehead atoms. The Morgan fingerprint density at radius 1 is 1.20 bits per heavy atom. The van der Waals surface area contributed by atoms with Crippen LogP contribution in [-0.4, -0.2) is 43.0 Å². The molecule has 25 heavy (non-hydrogen) atoms. The molecule has 8 heteroatoms. The minimum atomic E-state index is -2.84. The van der Waals surface area contributed by atoms with E-state index >= 15 is 0 Å². The van der Waals surface area contributed by atoms with Crippen LogP contribution < -0.4 is 4.74 Å². The number of benzene rings is 1. The predicted octanol–water partition coefficient (Wildman–Crippen LogP) is 4.20. The van der Waals surface area contributed by atoms with Gasteiger partial charge in [-0.25, -0.2) is 0 Å². The van der Waals surface area contributed by atoms with Crippen molar-refractivity contribution in [2.24, 2.45) is 0 Å². The summed E-state index contributed by atoms with van der Waals surface area (Å²) in [4.78, 5) is 15.9. The van der Waals surface area contributed by atoms with Gasteiger partial charge in [-0.3, -0.25) is 9.69 Å². The van der Waals surface area contributed by atoms with E-state index in [4.69, 9.17) is 0 Å². The molecule has 0 aliphatic heterocycles. The van der Waals surface area contributed by atoms with Gasteiger partial charge in [0.1, 0.15) is 5.75 Å². The van der Waals surface area contributed by atoms with Crippen molar-refractivity contribution in [1.82, 2.24) is 9.80 Å². The largest absolute Gasteiger partial charge is 0.435 e. The van der Waals surface area contributed by atoms with Crippen molar-refractivity contribution in [3.05, 3.63) is 50.6 Å². The lowest BCUT2D eigenvalue weighted by atomic mass is 10.2. The number of amides is 1. The molecule has 0 saturated carbocycles. The Balaban J connectivity index is 1.82. The summed E-state index contributed by atoms with van der Waals surface area (Å²) in [6.45, 7) is -1.43. The monoisotopic (exact) mass is 432 g/mol. The summed E-state index contributed by atoms with van der Waals surface area (Å²) in [6.07, 6.45) is 0. The molecule has 0 saturated heterocycles. The SMILES string of the molecule is CN(CC(=O)N(C)Cc1ccc(OC(F)F)cc1)Cc1csc(Br)c1. The lowest BCUT2D eigenvalue weighted by Crippen LogP contribution is -2.35. The van der Waals surface area contributed by atoms with Crippen LogP contribution in [0.4, 0.5) is 8.78 Å². The summed E-state index contributed by atoms with van der Waals surface area (Å²) in [5.41, 5.74) is 2.01. The van der Waals surface area contributed by atoms with Gasteiger partial charge in [0.2, 0.25) is 5.91 Å². The first-order chi connectivity index (χ1) is 11.8. The molecule has 0 fully saturated rings. The van der Waals surface area contributed by atoms with E-state index in [1.54, 1.807) is 35.4 Å². The summed E-state index contributed by atoms with van der Waals surface area (Å²) in [5.74, 6) is 0.0964. The molecular weight excluding hydrogens is 414 g/mol. The quantitative estimate of drug-likeness (QED) is 0.626. The van der Waals surface area contributed by atoms with E-state index in [9.17, 15) is 13.6 Å². The number of hydrogen-bond acceptors (Lipinski definition) is 4. The van der Waals surface area contributed by atoms with Crippen LogP contribution in [0.15, 0.2) is 39.5 Å². The summed E-state index contributed by atoms with van der Waals surface area (Å²) < 4.78 is 29.6. The molecule has 0 unspecified atom stereocenters. The maximum absolute atomic E-state index is 12.3. The third-order valence-corrected chi connectivity index (χ3v) is 5.03. The maximum atomic E-state index is 12.3. The van der Waals surface area contributed by atoms with Gasteiger partial charge in [0.25, 0.3) is 0 Å². The average molecular weight is 433 g/mol. The molecule has 1 heterocycles. The number of nitrogens with zero attached hydrogens (tertiary/aromatic N) is 2. The summed E-state index contributed by atoms with van der Waals surface area (Å²) >= 11 is 5.04. The van der Waals surface area contributed by atoms with Crippen molar-refractivity contribution < 1.29 is 18.3 Å². The van der Waals surface area contributed by atoms with Gasteiger partial charge >= 0.3 is 6.61 Å². The Kier molecular flexibility index (Phi) is 7.34. The summed E-state index contributed by atoms with van der Waals surface area (Å²) in [7, 11) is 3.62. The first kappa shape index (κ1) is 19.8. The molecule has 0 radical (unpaired) electrons. The smallest absolute Gasteiger partial charge is 0.387 e. The van der Waals surface area contributed by atoms with Gasteiger partial charge in [-0.15, -0.1) is 11.3 Å². The number of thiophene rings is 1. The number of hydrogen-bond donors (Lipinski definition) is 0. The van der Waals surface area contributed by atoms with Crippen LogP contribution in [0.3, 0.4) is 0 Å². The van der Waals surface area contributed by atoms with Crippen molar-refractivity contribution in [2.75, 3.05) is 20.6 Å². The second-order valence-corrected chi connectivity index (χ2v) is 7.99. The number of ether oxygens (including phenoxy) is 1. The van der Waals surface area contributed by atoms with Crippen LogP contribution in [0, 0.1) is 0 Å². The standard InChI is InChI=1S/C17H19BrF2N2O2S/c1-21(8-13-7-15(18)25-11-13)10-16(23)22(2)9-12-3-5-14(6-4-12)24-17(19)20/h3-7,11,17H,8-10H2,1-2H3. The number of carbonyl (C=O) groups is 1. The minimum Gasteiger partial charge on any atom is -0.435 e. The lowest BCUT2D eigenvalue weighted by molar-refractivity contribution is -0.131. The molecule has 1 amide bonds. The van der Waals surface area contributed by atoms with Gasteiger partial charge in [-0.2, -0.15) is 8.78 Å². The highest BCUT2D eigenvalue weighted by molar-refractivity contribution is 9.11. The number of halogens is 3. The van der Waals surface area contributed by atoms with E-state index in [-0.39, 0.29) is 11.7 Å². The van der Waals surface area contributed by atoms with Crippen LogP contribution in [0.25, 0.3) is 0 Å². The highest BCUT2D eigenvalue weighted by atomic mass is 79.9. The van der Waals surface area contributed by atoms with E-state index in [0.29, 0.717) is 19.6 Å². The fourth-order valence-electron chi connectivity index (χ4n) is 2.29. The van der Waals surface area contributed by atoms with E-state index in [2.05, 4.69) is 26.0 Å². The van der Waals surface area contributed by atoms with Crippen molar-refractivity contribution in [3.63, 3.8) is 0 Å². The van der Waals surface area contributed by atoms with Crippen LogP contribution in [0.2, 0.25) is 0 Å². The molecule has 0 spiro atoms. The van der Waals surface area contributed by atoms with Crippen LogP contribution >= 0.6 is 27.3 Å². The fraction of sp³-hybridized carbons (Fsp3) is 0.353. The molecule has 1 aromatic heterocycles. The Hall–Kier alpha value is -1.51. The Bertz CT molecular complexity index is 694. The lowest BCUT2D eigenvalue weighted by Gasteiger charge is -2.22. The van der Waals surface area contributed by atoms with Crippen LogP contribution in [0.1, 0.15) is 11.1 Å². The average Bonchev–Trinajstić information content (AvgIpc) is 2.93. The summed E-state index contributed by atoms with van der Waals surface area (Å²) in [5, 5.41) is 2.05. The molecular formula is C17H19BrF2N2O2S. The highest BCUT2D eigenvalue weighted by Crippen LogP contribution is 2.21. The van der Waals surface area contributed by atoms with Gasteiger partial charge in [-0.1, -0.05) is 12.1 Å². The van der Waals surface area contributed by atoms with E-state index in [1.165, 1.54) is 12.1 Å². The maximum Gasteiger partial charge on any atom is 0.387 e. The van der Waals surface area contributed by atoms with E-state index in [1.807, 2.05) is 18.0 Å². The number of alkyl halides is 2. The van der Waals surface area contributed by atoms with Crippen molar-refractivity contribution >= 4 is 33.2 Å². The molecule has 136 valence electrons. The number of carbonyl (C=O) groups excluding carboxylic acids is 1. The second-order valence-electron chi connectivity index (χ2n) is 5.70. The van der Waals surface area contributed by atoms with Crippen molar-refractivity contribution in [2.45, 2.75) is 19.7 Å². The molecule has 2 rings (SSSR count). The third-order valence-electron chi connectivity index (χ3n) is 3.47. The van der Waals surface area contributed by atoms with Gasteiger partial charge in [0.05, 0.1) is 10.3 Å². The van der Waals surface area contributed by atoms with Gasteiger partial charge in [0.15, 0.2) is 0 Å². The number of likely N-dealkylation sites (N-methyl/N-ethyl adjacent to an activating group) is 2. The molecule has 2 aromatic rings. The first-order valence-electron chi connectivity index (χ1n) is 7.52. The van der Waals surface area contributed by atoms with Crippen LogP contribution in [0.5, 0.6) is 5.75 Å². The minimum absolute atomic E-state index is 0.00953. The fourth-order valence-corrected chi connectivity index (χ4v) is 3.49. The molecule has 0 aliphatic rings. The Morgan fingerprint density at radius 2 is 1.88 bits per heavy atom. The Morgan fingerprint density at radius 3 is 2.44 bits per heavy atom. The summed E-state index contributed by atoms with van der Waals surface area (Å²) in [6, 6.07) is 8.33. The molecule has 4 nitrogen and oxygen atoms in total. The highest BCUT2D eigenvalue weighted by Gasteiger charge is 2.13. The zero-order chi connectivity index (χ0) is 18.4. The molecule has 0 atom stereocenters. The first-order valence-corrected chi connectivity index (χ1v) is 9.20. The zero-order valence-electron chi connectivity index (χ0n) is 13.9. The van der Waals surface area contributed by atoms with Crippen LogP contribution in [-0.2, 0) is 17.9 Å². The van der Waals surface area contributed by atoms with Crippen molar-refractivity contribution in [3.8, 4) is 5.75 Å². The second kappa shape index (κ2) is 9.26. The number of rotatable bonds is 8. The molecule has 0 N–H and O–H groups in total. The van der Waals surface area contributed by atoms with Crippen molar-refractivity contribution in [1.29, 1.82) is 0 Å². The topological polar surface area (TPSA) is 32.8 Å². The van der Waals surface area contributed by atoms with E-state index in [0.717, 1.165) is 14.9 Å². The third kappa shape index (κ3) is 6.72. The molecule has 1 aromatic carbocycles. The van der Waals surface area contributed by atoms with Gasteiger partial charge in [-0.05, 0) is 57.7 Å². The Labute approximate surface area is 158 Å². The molecule has 0 aliphatic carbocycles.